The van der Waals surface area contributed by atoms with E-state index in [2.05, 4.69) is 82.9 Å². The number of para-hydroxylation sites is 2. The number of methoxy groups -OCH3 is 1. The summed E-state index contributed by atoms with van der Waals surface area (Å²) < 4.78 is 10.9. The van der Waals surface area contributed by atoms with E-state index in [9.17, 15) is 0 Å². The smallest absolute Gasteiger partial charge is 0.262 e. The first kappa shape index (κ1) is 20.2. The van der Waals surface area contributed by atoms with E-state index < -0.39 is 0 Å². The van der Waals surface area contributed by atoms with Crippen molar-refractivity contribution in [2.24, 2.45) is 5.92 Å². The number of hydrogen-bond donors (Lipinski definition) is 0. The molecule has 31 heavy (non-hydrogen) atoms. The Morgan fingerprint density at radius 2 is 1.68 bits per heavy atom. The van der Waals surface area contributed by atoms with E-state index in [-0.39, 0.29) is 0 Å². The zero-order valence-corrected chi connectivity index (χ0v) is 19.1. The maximum absolute atomic E-state index is 5.75. The third kappa shape index (κ3) is 3.62. The molecule has 0 saturated heterocycles. The normalized spacial score (nSPS) is 20.5. The van der Waals surface area contributed by atoms with Gasteiger partial charge in [-0.3, -0.25) is 0 Å². The highest BCUT2D eigenvalue weighted by Gasteiger charge is 2.39. The summed E-state index contributed by atoms with van der Waals surface area (Å²) in [5.74, 6) is 3.15. The first-order valence-electron chi connectivity index (χ1n) is 11.7. The van der Waals surface area contributed by atoms with Gasteiger partial charge in [-0.25, -0.2) is 4.57 Å². The molecule has 5 rings (SSSR count). The number of rotatable bonds is 4. The van der Waals surface area contributed by atoms with E-state index in [0.29, 0.717) is 6.04 Å². The van der Waals surface area contributed by atoms with Gasteiger partial charge in [0.1, 0.15) is 12.2 Å². The zero-order chi connectivity index (χ0) is 21.4. The van der Waals surface area contributed by atoms with Crippen LogP contribution >= 0.6 is 0 Å². The Balaban J connectivity index is 1.71. The third-order valence-electron chi connectivity index (χ3n) is 7.27. The molecule has 4 nitrogen and oxygen atoms in total. The number of ether oxygens (including phenoxy) is 1. The highest BCUT2D eigenvalue weighted by Crippen LogP contribution is 2.39. The summed E-state index contributed by atoms with van der Waals surface area (Å²) in [6.45, 7) is 0. The highest BCUT2D eigenvalue weighted by atomic mass is 16.5. The van der Waals surface area contributed by atoms with Crippen molar-refractivity contribution in [2.75, 3.05) is 26.1 Å². The van der Waals surface area contributed by atoms with Gasteiger partial charge in [0.25, 0.3) is 5.82 Å². The Bertz CT molecular complexity index is 1050. The summed E-state index contributed by atoms with van der Waals surface area (Å²) in [7, 11) is 5.97. The fourth-order valence-electron chi connectivity index (χ4n) is 5.69. The molecule has 2 heterocycles. The molecule has 1 aliphatic heterocycles. The molecule has 1 saturated carbocycles. The predicted octanol–water partition coefficient (Wildman–Crippen LogP) is 5.57. The van der Waals surface area contributed by atoms with E-state index >= 15 is 0 Å². The van der Waals surface area contributed by atoms with Crippen LogP contribution in [0.15, 0.2) is 54.7 Å². The molecular formula is C27H34N3O+. The quantitative estimate of drug-likeness (QED) is 0.518. The fourth-order valence-corrected chi connectivity index (χ4v) is 5.69. The number of anilines is 1. The Morgan fingerprint density at radius 3 is 2.45 bits per heavy atom. The van der Waals surface area contributed by atoms with Crippen LogP contribution in [0.2, 0.25) is 0 Å². The molecule has 4 heteroatoms. The highest BCUT2D eigenvalue weighted by molar-refractivity contribution is 5.62. The third-order valence-corrected chi connectivity index (χ3v) is 7.27. The molecule has 0 amide bonds. The summed E-state index contributed by atoms with van der Waals surface area (Å²) in [5, 5.41) is 0. The van der Waals surface area contributed by atoms with Crippen LogP contribution < -0.4 is 14.2 Å². The van der Waals surface area contributed by atoms with Gasteiger partial charge in [-0.15, -0.1) is 0 Å². The van der Waals surface area contributed by atoms with Gasteiger partial charge in [0.05, 0.1) is 7.11 Å². The molecule has 1 aliphatic carbocycles. The van der Waals surface area contributed by atoms with Crippen molar-refractivity contribution in [1.82, 2.24) is 4.57 Å². The van der Waals surface area contributed by atoms with Crippen LogP contribution in [0.1, 0.15) is 50.4 Å². The minimum absolute atomic E-state index is 0.603. The molecule has 162 valence electrons. The summed E-state index contributed by atoms with van der Waals surface area (Å²) in [6.07, 6.45) is 11.5. The van der Waals surface area contributed by atoms with Crippen LogP contribution in [0, 0.1) is 5.92 Å². The van der Waals surface area contributed by atoms with Gasteiger partial charge in [-0.2, -0.15) is 4.57 Å². The van der Waals surface area contributed by atoms with Crippen LogP contribution in [-0.4, -0.2) is 25.8 Å². The number of benzene rings is 2. The average Bonchev–Trinajstić information content (AvgIpc) is 3.07. The number of aromatic nitrogens is 2. The lowest BCUT2D eigenvalue weighted by Crippen LogP contribution is -2.47. The molecule has 1 aromatic heterocycles. The Morgan fingerprint density at radius 1 is 0.935 bits per heavy atom. The van der Waals surface area contributed by atoms with Crippen molar-refractivity contribution in [3.63, 3.8) is 0 Å². The maximum atomic E-state index is 5.75. The zero-order valence-electron chi connectivity index (χ0n) is 19.1. The summed E-state index contributed by atoms with van der Waals surface area (Å²) in [4.78, 5) is 2.16. The molecule has 2 atom stereocenters. The van der Waals surface area contributed by atoms with Crippen LogP contribution in [0.3, 0.4) is 0 Å². The molecule has 1 fully saturated rings. The van der Waals surface area contributed by atoms with Crippen molar-refractivity contribution in [3.8, 4) is 22.7 Å². The molecule has 3 aromatic rings. The standard InChI is InChI=1S/C27H34N3O/c1-28(2)22-17-15-21(16-18-22)25-19-29(24-12-6-7-13-26(24)31-3)27-14-8-10-20-9-4-5-11-23(20)30(25)27/h6-7,12-13,15-20,23H,4-5,8-11,14H2,1-3H3/q+1. The van der Waals surface area contributed by atoms with E-state index in [0.717, 1.165) is 23.8 Å². The topological polar surface area (TPSA) is 21.3 Å². The lowest BCUT2D eigenvalue weighted by atomic mass is 9.82. The molecule has 0 radical (unpaired) electrons. The summed E-state index contributed by atoms with van der Waals surface area (Å²) in [6, 6.07) is 18.1. The van der Waals surface area contributed by atoms with Gasteiger partial charge >= 0.3 is 0 Å². The lowest BCUT2D eigenvalue weighted by Gasteiger charge is -2.29. The van der Waals surface area contributed by atoms with Crippen LogP contribution in [0.4, 0.5) is 5.69 Å². The molecule has 2 unspecified atom stereocenters. The SMILES string of the molecule is COc1ccccc1-n1cc(-c2ccc(N(C)C)cc2)[n+]2c1CCCC1CCCCC12. The van der Waals surface area contributed by atoms with Crippen molar-refractivity contribution >= 4 is 5.69 Å². The second kappa shape index (κ2) is 8.41. The summed E-state index contributed by atoms with van der Waals surface area (Å²) in [5.41, 5.74) is 5.01. The first-order chi connectivity index (χ1) is 15.2. The van der Waals surface area contributed by atoms with E-state index in [1.165, 1.54) is 61.3 Å². The number of fused-ring (bicyclic) bond motifs is 3. The Labute approximate surface area is 186 Å². The van der Waals surface area contributed by atoms with Gasteiger partial charge in [0.2, 0.25) is 0 Å². The monoisotopic (exact) mass is 416 g/mol. The molecule has 2 aliphatic rings. The van der Waals surface area contributed by atoms with Gasteiger partial charge in [-0.1, -0.05) is 18.6 Å². The van der Waals surface area contributed by atoms with Crippen molar-refractivity contribution < 1.29 is 9.30 Å². The van der Waals surface area contributed by atoms with E-state index in [1.807, 2.05) is 0 Å². The van der Waals surface area contributed by atoms with Gasteiger partial charge in [0.15, 0.2) is 17.1 Å². The van der Waals surface area contributed by atoms with Crippen LogP contribution in [-0.2, 0) is 6.42 Å². The van der Waals surface area contributed by atoms with Crippen molar-refractivity contribution in [3.05, 3.63) is 60.6 Å². The molecule has 0 spiro atoms. The van der Waals surface area contributed by atoms with Gasteiger partial charge < -0.3 is 9.64 Å². The lowest BCUT2D eigenvalue weighted by molar-refractivity contribution is -0.727. The predicted molar refractivity (Wildman–Crippen MR) is 126 cm³/mol. The Kier molecular flexibility index (Phi) is 5.47. The van der Waals surface area contributed by atoms with Crippen LogP contribution in [0.5, 0.6) is 5.75 Å². The van der Waals surface area contributed by atoms with Crippen LogP contribution in [0.25, 0.3) is 16.9 Å². The molecule has 2 aromatic carbocycles. The van der Waals surface area contributed by atoms with E-state index in [4.69, 9.17) is 4.74 Å². The number of imidazole rings is 1. The average molecular weight is 417 g/mol. The van der Waals surface area contributed by atoms with Gasteiger partial charge in [0, 0.05) is 31.8 Å². The molecular weight excluding hydrogens is 382 g/mol. The first-order valence-corrected chi connectivity index (χ1v) is 11.7. The minimum atomic E-state index is 0.603. The second-order valence-corrected chi connectivity index (χ2v) is 9.29. The summed E-state index contributed by atoms with van der Waals surface area (Å²) >= 11 is 0. The Hall–Kier alpha value is -2.75. The molecule has 0 bridgehead atoms. The van der Waals surface area contributed by atoms with E-state index in [1.54, 1.807) is 7.11 Å². The minimum Gasteiger partial charge on any atom is -0.492 e. The van der Waals surface area contributed by atoms with Crippen molar-refractivity contribution in [1.29, 1.82) is 0 Å². The largest absolute Gasteiger partial charge is 0.492 e. The number of hydrogen-bond acceptors (Lipinski definition) is 2. The second-order valence-electron chi connectivity index (χ2n) is 9.29. The molecule has 0 N–H and O–H groups in total. The van der Waals surface area contributed by atoms with Gasteiger partial charge in [-0.05, 0) is 74.4 Å². The maximum Gasteiger partial charge on any atom is 0.262 e. The number of nitrogens with zero attached hydrogens (tertiary/aromatic N) is 3. The fraction of sp³-hybridized carbons (Fsp3) is 0.444. The van der Waals surface area contributed by atoms with Crippen molar-refractivity contribution in [2.45, 2.75) is 51.0 Å².